The van der Waals surface area contributed by atoms with E-state index in [1.807, 2.05) is 30.5 Å². The Morgan fingerprint density at radius 3 is 2.80 bits per heavy atom. The molecule has 0 N–H and O–H groups in total. The number of hydrogen-bond acceptors (Lipinski definition) is 5. The third-order valence-electron chi connectivity index (χ3n) is 4.54. The van der Waals surface area contributed by atoms with Gasteiger partial charge in [-0.3, -0.25) is 9.88 Å². The standard InChI is InChI=1S/C20H23N3O2/c1-23(13-15-12-21-17-6-2-3-7-18(17)22-15)14-16-9-10-20(25-16)19-8-4-5-11-24-19/h2-3,6-7,9-10,12,19H,4-5,8,11,13-14H2,1H3/t19-/m1/s1. The molecule has 3 aromatic rings. The number of fused-ring (bicyclic) bond motifs is 1. The topological polar surface area (TPSA) is 51.4 Å². The maximum atomic E-state index is 6.00. The van der Waals surface area contributed by atoms with Crippen molar-refractivity contribution in [1.82, 2.24) is 14.9 Å². The molecule has 5 nitrogen and oxygen atoms in total. The summed E-state index contributed by atoms with van der Waals surface area (Å²) in [5.41, 5.74) is 2.82. The molecule has 0 spiro atoms. The van der Waals surface area contributed by atoms with Crippen molar-refractivity contribution in [2.24, 2.45) is 0 Å². The van der Waals surface area contributed by atoms with E-state index in [1.165, 1.54) is 6.42 Å². The van der Waals surface area contributed by atoms with Gasteiger partial charge in [0.15, 0.2) is 0 Å². The van der Waals surface area contributed by atoms with Crippen LogP contribution in [0.15, 0.2) is 47.0 Å². The van der Waals surface area contributed by atoms with Crippen molar-refractivity contribution in [2.75, 3.05) is 13.7 Å². The monoisotopic (exact) mass is 337 g/mol. The molecule has 1 aromatic carbocycles. The van der Waals surface area contributed by atoms with Gasteiger partial charge in [0.1, 0.15) is 17.6 Å². The summed E-state index contributed by atoms with van der Waals surface area (Å²) in [6.07, 6.45) is 5.39. The van der Waals surface area contributed by atoms with Crippen LogP contribution in [0.3, 0.4) is 0 Å². The second kappa shape index (κ2) is 7.33. The zero-order valence-corrected chi connectivity index (χ0v) is 14.5. The second-order valence-electron chi connectivity index (χ2n) is 6.68. The number of ether oxygens (including phenoxy) is 1. The molecule has 0 unspecified atom stereocenters. The van der Waals surface area contributed by atoms with Crippen LogP contribution in [0.4, 0.5) is 0 Å². The van der Waals surface area contributed by atoms with Crippen molar-refractivity contribution in [3.05, 3.63) is 59.8 Å². The van der Waals surface area contributed by atoms with Gasteiger partial charge in [0.25, 0.3) is 0 Å². The van der Waals surface area contributed by atoms with Gasteiger partial charge in [-0.2, -0.15) is 0 Å². The Hall–Kier alpha value is -2.24. The van der Waals surface area contributed by atoms with Crippen LogP contribution in [0.5, 0.6) is 0 Å². The van der Waals surface area contributed by atoms with Crippen molar-refractivity contribution in [3.63, 3.8) is 0 Å². The molecule has 0 bridgehead atoms. The molecule has 0 aliphatic carbocycles. The van der Waals surface area contributed by atoms with Gasteiger partial charge in [0.05, 0.1) is 29.5 Å². The van der Waals surface area contributed by atoms with E-state index in [2.05, 4.69) is 34.0 Å². The summed E-state index contributed by atoms with van der Waals surface area (Å²) in [6.45, 7) is 2.30. The van der Waals surface area contributed by atoms with E-state index in [-0.39, 0.29) is 6.10 Å². The van der Waals surface area contributed by atoms with Crippen molar-refractivity contribution in [1.29, 1.82) is 0 Å². The molecule has 3 heterocycles. The smallest absolute Gasteiger partial charge is 0.133 e. The quantitative estimate of drug-likeness (QED) is 0.702. The number of para-hydroxylation sites is 2. The Morgan fingerprint density at radius 1 is 1.08 bits per heavy atom. The Bertz CT molecular complexity index is 840. The fourth-order valence-electron chi connectivity index (χ4n) is 3.29. The summed E-state index contributed by atoms with van der Waals surface area (Å²) >= 11 is 0. The van der Waals surface area contributed by atoms with E-state index < -0.39 is 0 Å². The summed E-state index contributed by atoms with van der Waals surface area (Å²) in [5.74, 6) is 1.91. The van der Waals surface area contributed by atoms with E-state index in [0.29, 0.717) is 0 Å². The Morgan fingerprint density at radius 2 is 1.96 bits per heavy atom. The number of rotatable bonds is 5. The largest absolute Gasteiger partial charge is 0.462 e. The summed E-state index contributed by atoms with van der Waals surface area (Å²) in [5, 5.41) is 0. The highest BCUT2D eigenvalue weighted by Gasteiger charge is 2.19. The summed E-state index contributed by atoms with van der Waals surface area (Å²) in [4.78, 5) is 11.3. The number of nitrogens with zero attached hydrogens (tertiary/aromatic N) is 3. The maximum Gasteiger partial charge on any atom is 0.133 e. The van der Waals surface area contributed by atoms with Crippen LogP contribution in [0.25, 0.3) is 11.0 Å². The second-order valence-corrected chi connectivity index (χ2v) is 6.68. The highest BCUT2D eigenvalue weighted by Crippen LogP contribution is 2.29. The average Bonchev–Trinajstić information content (AvgIpc) is 3.10. The third-order valence-corrected chi connectivity index (χ3v) is 4.54. The molecule has 1 fully saturated rings. The molecule has 0 radical (unpaired) electrons. The number of furan rings is 1. The first-order valence-electron chi connectivity index (χ1n) is 8.87. The SMILES string of the molecule is CN(Cc1cnc2ccccc2n1)Cc1ccc([C@H]2CCCCO2)o1. The van der Waals surface area contributed by atoms with Crippen molar-refractivity contribution in [2.45, 2.75) is 38.5 Å². The van der Waals surface area contributed by atoms with Crippen LogP contribution in [0, 0.1) is 0 Å². The Kier molecular flexibility index (Phi) is 4.76. The van der Waals surface area contributed by atoms with E-state index in [4.69, 9.17) is 9.15 Å². The maximum absolute atomic E-state index is 6.00. The molecule has 2 aromatic heterocycles. The van der Waals surface area contributed by atoms with E-state index >= 15 is 0 Å². The molecule has 4 rings (SSSR count). The predicted octanol–water partition coefficient (Wildman–Crippen LogP) is 4.10. The van der Waals surface area contributed by atoms with Crippen molar-refractivity contribution < 1.29 is 9.15 Å². The molecule has 1 aliphatic rings. The Labute approximate surface area is 147 Å². The van der Waals surface area contributed by atoms with Gasteiger partial charge in [-0.05, 0) is 50.6 Å². The molecule has 0 amide bonds. The predicted molar refractivity (Wildman–Crippen MR) is 96.0 cm³/mol. The van der Waals surface area contributed by atoms with Gasteiger partial charge < -0.3 is 9.15 Å². The lowest BCUT2D eigenvalue weighted by molar-refractivity contribution is 0.000904. The first-order valence-corrected chi connectivity index (χ1v) is 8.87. The Balaban J connectivity index is 1.39. The summed E-state index contributed by atoms with van der Waals surface area (Å²) < 4.78 is 11.8. The lowest BCUT2D eigenvalue weighted by Crippen LogP contribution is -2.18. The molecule has 1 atom stereocenters. The highest BCUT2D eigenvalue weighted by molar-refractivity contribution is 5.73. The zero-order valence-electron chi connectivity index (χ0n) is 14.5. The van der Waals surface area contributed by atoms with Gasteiger partial charge in [-0.25, -0.2) is 4.98 Å². The van der Waals surface area contributed by atoms with Gasteiger partial charge >= 0.3 is 0 Å². The van der Waals surface area contributed by atoms with Crippen LogP contribution in [-0.4, -0.2) is 28.5 Å². The van der Waals surface area contributed by atoms with Gasteiger partial charge in [-0.1, -0.05) is 12.1 Å². The molecule has 0 saturated carbocycles. The average molecular weight is 337 g/mol. The third kappa shape index (κ3) is 3.89. The van der Waals surface area contributed by atoms with Crippen LogP contribution in [0.2, 0.25) is 0 Å². The lowest BCUT2D eigenvalue weighted by Gasteiger charge is -2.20. The fourth-order valence-corrected chi connectivity index (χ4v) is 3.29. The van der Waals surface area contributed by atoms with Gasteiger partial charge in [-0.15, -0.1) is 0 Å². The first kappa shape index (κ1) is 16.2. The summed E-state index contributed by atoms with van der Waals surface area (Å²) in [6, 6.07) is 12.0. The van der Waals surface area contributed by atoms with Crippen LogP contribution in [-0.2, 0) is 17.8 Å². The normalized spacial score (nSPS) is 18.1. The van der Waals surface area contributed by atoms with Crippen molar-refractivity contribution in [3.8, 4) is 0 Å². The summed E-state index contributed by atoms with van der Waals surface area (Å²) in [7, 11) is 2.07. The lowest BCUT2D eigenvalue weighted by atomic mass is 10.1. The minimum atomic E-state index is 0.124. The van der Waals surface area contributed by atoms with Gasteiger partial charge in [0.2, 0.25) is 0 Å². The van der Waals surface area contributed by atoms with E-state index in [0.717, 1.165) is 60.8 Å². The minimum Gasteiger partial charge on any atom is -0.462 e. The number of benzene rings is 1. The first-order chi connectivity index (χ1) is 12.3. The van der Waals surface area contributed by atoms with Gasteiger partial charge in [0, 0.05) is 13.2 Å². The minimum absolute atomic E-state index is 0.124. The number of hydrogen-bond donors (Lipinski definition) is 0. The molecule has 1 aliphatic heterocycles. The van der Waals surface area contributed by atoms with Crippen LogP contribution < -0.4 is 0 Å². The highest BCUT2D eigenvalue weighted by atomic mass is 16.5. The number of aromatic nitrogens is 2. The van der Waals surface area contributed by atoms with Crippen molar-refractivity contribution >= 4 is 11.0 Å². The fraction of sp³-hybridized carbons (Fsp3) is 0.400. The van der Waals surface area contributed by atoms with E-state index in [1.54, 1.807) is 0 Å². The molecule has 1 saturated heterocycles. The molecular weight excluding hydrogens is 314 g/mol. The molecule has 25 heavy (non-hydrogen) atoms. The van der Waals surface area contributed by atoms with Crippen LogP contribution >= 0.6 is 0 Å². The van der Waals surface area contributed by atoms with Crippen LogP contribution in [0.1, 0.15) is 42.6 Å². The molecule has 5 heteroatoms. The molecule has 130 valence electrons. The molecular formula is C20H23N3O2. The zero-order chi connectivity index (χ0) is 17.1. The van der Waals surface area contributed by atoms with E-state index in [9.17, 15) is 0 Å².